The van der Waals surface area contributed by atoms with Gasteiger partial charge in [0, 0.05) is 41.5 Å². The van der Waals surface area contributed by atoms with Gasteiger partial charge in [-0.2, -0.15) is 4.98 Å². The van der Waals surface area contributed by atoms with Gasteiger partial charge in [0.05, 0.1) is 6.33 Å². The summed E-state index contributed by atoms with van der Waals surface area (Å²) in [7, 11) is 0. The van der Waals surface area contributed by atoms with Crippen LogP contribution in [0.1, 0.15) is 47.8 Å². The molecule has 46 heavy (non-hydrogen) atoms. The summed E-state index contributed by atoms with van der Waals surface area (Å²) in [5.74, 6) is -4.30. The third-order valence-corrected chi connectivity index (χ3v) is 6.49. The Morgan fingerprint density at radius 2 is 1.15 bits per heavy atom. The highest BCUT2D eigenvalue weighted by atomic mass is 16.7. The number of aromatic nitrogens is 4. The molecule has 2 fully saturated rings. The van der Waals surface area contributed by atoms with Crippen molar-refractivity contribution in [1.82, 2.24) is 19.5 Å². The molecule has 0 amide bonds. The van der Waals surface area contributed by atoms with Crippen LogP contribution in [0.4, 0.5) is 0 Å². The van der Waals surface area contributed by atoms with Crippen LogP contribution in [-0.2, 0) is 66.7 Å². The summed E-state index contributed by atoms with van der Waals surface area (Å²) in [4.78, 5) is 83.4. The van der Waals surface area contributed by atoms with E-state index in [1.807, 2.05) is 0 Å². The van der Waals surface area contributed by atoms with Crippen LogP contribution in [-0.4, -0.2) is 111 Å². The van der Waals surface area contributed by atoms with Gasteiger partial charge in [-0.15, -0.1) is 0 Å². The Bertz CT molecular complexity index is 1490. The molecule has 4 heterocycles. The second-order valence-electron chi connectivity index (χ2n) is 10.1. The van der Waals surface area contributed by atoms with Gasteiger partial charge in [0.25, 0.3) is 0 Å². The van der Waals surface area contributed by atoms with E-state index in [-0.39, 0.29) is 30.3 Å². The highest BCUT2D eigenvalue weighted by Crippen LogP contribution is 2.37. The second kappa shape index (κ2) is 14.5. The van der Waals surface area contributed by atoms with Crippen LogP contribution in [0, 0.1) is 0 Å². The topological polar surface area (TPSA) is 229 Å². The lowest BCUT2D eigenvalue weighted by molar-refractivity contribution is -0.171. The van der Waals surface area contributed by atoms with Gasteiger partial charge in [-0.3, -0.25) is 33.3 Å². The van der Waals surface area contributed by atoms with E-state index >= 15 is 0 Å². The van der Waals surface area contributed by atoms with Gasteiger partial charge in [0.2, 0.25) is 18.3 Å². The normalized spacial score (nSPS) is 27.0. The van der Waals surface area contributed by atoms with Gasteiger partial charge >= 0.3 is 35.8 Å². The lowest BCUT2D eigenvalue weighted by atomic mass is 10.1. The SMILES string of the molecule is CC(=O)OC[C@H]1O[C@@H](n2cnc3c(O[C@@H]4O[C@H](COC(C)=O)[C@@H](OC(C)=O)[C@H]4OC(C)=O)ncnc32)[C@H](OC(C)=O)[C@@H]1OC(C)=O. The van der Waals surface area contributed by atoms with Gasteiger partial charge in [0.15, 0.2) is 35.7 Å². The fourth-order valence-electron chi connectivity index (χ4n) is 4.90. The van der Waals surface area contributed by atoms with Crippen LogP contribution in [0.3, 0.4) is 0 Å². The molecule has 2 aliphatic rings. The molecule has 0 bridgehead atoms. The number of hydrogen-bond donors (Lipinski definition) is 0. The molecule has 2 saturated heterocycles. The van der Waals surface area contributed by atoms with Crippen LogP contribution in [0.5, 0.6) is 5.88 Å². The van der Waals surface area contributed by atoms with Crippen molar-refractivity contribution in [2.24, 2.45) is 0 Å². The minimum absolute atomic E-state index is 0.0396. The lowest BCUT2D eigenvalue weighted by Gasteiger charge is -2.24. The quantitative estimate of drug-likeness (QED) is 0.224. The molecule has 0 radical (unpaired) electrons. The molecule has 4 rings (SSSR count). The Hall–Kier alpha value is -4.91. The molecular weight excluding hydrogens is 620 g/mol. The molecule has 0 spiro atoms. The van der Waals surface area contributed by atoms with Gasteiger partial charge in [-0.1, -0.05) is 0 Å². The number of imidazole rings is 1. The Morgan fingerprint density at radius 1 is 0.652 bits per heavy atom. The first-order valence-electron chi connectivity index (χ1n) is 13.9. The maximum absolute atomic E-state index is 12.1. The van der Waals surface area contributed by atoms with Gasteiger partial charge < -0.3 is 42.6 Å². The molecular formula is C27H32N4O15. The fraction of sp³-hybridized carbons (Fsp3) is 0.593. The molecule has 2 aromatic heterocycles. The lowest BCUT2D eigenvalue weighted by Crippen LogP contribution is -2.42. The summed E-state index contributed by atoms with van der Waals surface area (Å²) in [6.45, 7) is 6.26. The van der Waals surface area contributed by atoms with E-state index in [0.29, 0.717) is 0 Å². The van der Waals surface area contributed by atoms with Crippen molar-refractivity contribution in [2.45, 2.75) is 90.7 Å². The molecule has 2 aromatic rings. The van der Waals surface area contributed by atoms with E-state index in [0.717, 1.165) is 34.0 Å². The standard InChI is InChI=1S/C27H32N4O15/c1-11(32)38-7-17-20(40-13(3)34)22(42-15(5)36)26(44-17)31-10-30-19-24(31)28-9-29-25(19)46-27-23(43-16(6)37)21(41-14(4)35)18(45-27)8-39-12(2)33/h9-10,17-18,20-23,26-27H,7-8H2,1-6H3/t17-,18-,20-,21-,22-,23-,26-,27+/m1/s1. The zero-order valence-electron chi connectivity index (χ0n) is 25.6. The van der Waals surface area contributed by atoms with E-state index in [4.69, 9.17) is 42.6 Å². The number of rotatable bonds is 11. The summed E-state index contributed by atoms with van der Waals surface area (Å²) in [5.41, 5.74) is 0.134. The summed E-state index contributed by atoms with van der Waals surface area (Å²) >= 11 is 0. The van der Waals surface area contributed by atoms with Crippen molar-refractivity contribution in [1.29, 1.82) is 0 Å². The first kappa shape index (κ1) is 34.0. The van der Waals surface area contributed by atoms with Crippen LogP contribution < -0.4 is 4.74 Å². The average Bonchev–Trinajstić information content (AvgIpc) is 3.61. The minimum Gasteiger partial charge on any atom is -0.463 e. The number of hydrogen-bond acceptors (Lipinski definition) is 18. The summed E-state index contributed by atoms with van der Waals surface area (Å²) < 4.78 is 50.9. The van der Waals surface area contributed by atoms with Crippen molar-refractivity contribution in [3.05, 3.63) is 12.7 Å². The second-order valence-corrected chi connectivity index (χ2v) is 10.1. The zero-order chi connectivity index (χ0) is 33.7. The Morgan fingerprint density at radius 3 is 1.70 bits per heavy atom. The number of ether oxygens (including phenoxy) is 9. The summed E-state index contributed by atoms with van der Waals surface area (Å²) in [6.07, 6.45) is -7.27. The van der Waals surface area contributed by atoms with Gasteiger partial charge in [-0.05, 0) is 0 Å². The van der Waals surface area contributed by atoms with Crippen LogP contribution in [0.2, 0.25) is 0 Å². The molecule has 0 unspecified atom stereocenters. The molecule has 2 aliphatic heterocycles. The Labute approximate surface area is 260 Å². The minimum atomic E-state index is -1.42. The third-order valence-electron chi connectivity index (χ3n) is 6.49. The molecule has 0 N–H and O–H groups in total. The first-order chi connectivity index (χ1) is 21.7. The highest BCUT2D eigenvalue weighted by Gasteiger charge is 2.53. The van der Waals surface area contributed by atoms with E-state index < -0.39 is 85.0 Å². The van der Waals surface area contributed by atoms with Crippen molar-refractivity contribution in [3.63, 3.8) is 0 Å². The van der Waals surface area contributed by atoms with Crippen LogP contribution >= 0.6 is 0 Å². The third kappa shape index (κ3) is 8.02. The number of nitrogens with zero attached hydrogens (tertiary/aromatic N) is 4. The molecule has 19 heteroatoms. The van der Waals surface area contributed by atoms with Crippen molar-refractivity contribution >= 4 is 47.0 Å². The van der Waals surface area contributed by atoms with Gasteiger partial charge in [-0.25, -0.2) is 9.97 Å². The fourth-order valence-corrected chi connectivity index (χ4v) is 4.90. The predicted molar refractivity (Wildman–Crippen MR) is 144 cm³/mol. The largest absolute Gasteiger partial charge is 0.463 e. The molecule has 250 valence electrons. The van der Waals surface area contributed by atoms with E-state index in [1.54, 1.807) is 0 Å². The summed E-state index contributed by atoms with van der Waals surface area (Å²) in [6, 6.07) is 0. The van der Waals surface area contributed by atoms with Gasteiger partial charge in [0.1, 0.15) is 31.7 Å². The number of carbonyl (C=O) groups excluding carboxylic acids is 6. The Balaban J connectivity index is 1.68. The molecule has 0 aliphatic carbocycles. The van der Waals surface area contributed by atoms with E-state index in [2.05, 4.69) is 15.0 Å². The van der Waals surface area contributed by atoms with Crippen LogP contribution in [0.15, 0.2) is 12.7 Å². The number of fused-ring (bicyclic) bond motifs is 1. The maximum atomic E-state index is 12.1. The van der Waals surface area contributed by atoms with E-state index in [9.17, 15) is 28.8 Å². The smallest absolute Gasteiger partial charge is 0.303 e. The maximum Gasteiger partial charge on any atom is 0.303 e. The van der Waals surface area contributed by atoms with Crippen molar-refractivity contribution in [3.8, 4) is 5.88 Å². The molecule has 0 aromatic carbocycles. The van der Waals surface area contributed by atoms with Crippen LogP contribution in [0.25, 0.3) is 11.2 Å². The highest BCUT2D eigenvalue weighted by molar-refractivity contribution is 5.76. The first-order valence-corrected chi connectivity index (χ1v) is 13.9. The molecule has 0 saturated carbocycles. The summed E-state index contributed by atoms with van der Waals surface area (Å²) in [5, 5.41) is 0. The molecule has 19 nitrogen and oxygen atoms in total. The zero-order valence-corrected chi connectivity index (χ0v) is 25.6. The number of esters is 6. The average molecular weight is 653 g/mol. The van der Waals surface area contributed by atoms with E-state index in [1.165, 1.54) is 24.7 Å². The predicted octanol–water partition coefficient (Wildman–Crippen LogP) is -0.320. The van der Waals surface area contributed by atoms with Crippen molar-refractivity contribution < 1.29 is 71.4 Å². The van der Waals surface area contributed by atoms with Crippen molar-refractivity contribution in [2.75, 3.05) is 13.2 Å². The number of carbonyl (C=O) groups is 6. The monoisotopic (exact) mass is 652 g/mol. The molecule has 8 atom stereocenters. The Kier molecular flexibility index (Phi) is 10.7.